The highest BCUT2D eigenvalue weighted by Gasteiger charge is 2.06. The lowest BCUT2D eigenvalue weighted by Gasteiger charge is -2.01. The largest absolute Gasteiger partial charge is 0.384 e. The van der Waals surface area contributed by atoms with E-state index in [-0.39, 0.29) is 18.3 Å². The molecule has 9 heteroatoms. The summed E-state index contributed by atoms with van der Waals surface area (Å²) in [6, 6.07) is 10.4. The second-order valence-electron chi connectivity index (χ2n) is 5.41. The average molecular weight is 382 g/mol. The molecule has 3 rings (SSSR count). The zero-order valence-corrected chi connectivity index (χ0v) is 14.9. The van der Waals surface area contributed by atoms with Gasteiger partial charge in [-0.25, -0.2) is 9.98 Å². The molecule has 0 atom stereocenters. The first-order chi connectivity index (χ1) is 13.1. The molecule has 0 radical (unpaired) electrons. The number of aromatic amines is 1. The smallest absolute Gasteiger partial charge is 0.253 e. The summed E-state index contributed by atoms with van der Waals surface area (Å²) in [5.74, 6) is 0.977. The van der Waals surface area contributed by atoms with Gasteiger partial charge in [-0.3, -0.25) is 14.9 Å². The van der Waals surface area contributed by atoms with Gasteiger partial charge in [-0.1, -0.05) is 17.7 Å². The number of amides is 1. The van der Waals surface area contributed by atoms with E-state index < -0.39 is 0 Å². The summed E-state index contributed by atoms with van der Waals surface area (Å²) < 4.78 is 0. The normalized spacial score (nSPS) is 11.7. The van der Waals surface area contributed by atoms with Crippen LogP contribution in [0.2, 0.25) is 5.02 Å². The molecule has 27 heavy (non-hydrogen) atoms. The van der Waals surface area contributed by atoms with Crippen LogP contribution in [0, 0.1) is 0 Å². The molecule has 1 amide bonds. The van der Waals surface area contributed by atoms with Gasteiger partial charge in [0.05, 0.1) is 17.8 Å². The summed E-state index contributed by atoms with van der Waals surface area (Å²) in [5, 5.41) is 10.1. The van der Waals surface area contributed by atoms with Crippen LogP contribution in [-0.2, 0) is 6.54 Å². The Morgan fingerprint density at radius 3 is 3.00 bits per heavy atom. The first-order valence-corrected chi connectivity index (χ1v) is 8.35. The van der Waals surface area contributed by atoms with Crippen LogP contribution in [0.5, 0.6) is 0 Å². The van der Waals surface area contributed by atoms with E-state index in [9.17, 15) is 4.79 Å². The number of carbonyl (C=O) groups is 1. The first-order valence-electron chi connectivity index (χ1n) is 7.97. The van der Waals surface area contributed by atoms with Crippen molar-refractivity contribution in [1.82, 2.24) is 25.5 Å². The Morgan fingerprint density at radius 2 is 2.22 bits per heavy atom. The third kappa shape index (κ3) is 5.48. The van der Waals surface area contributed by atoms with Gasteiger partial charge >= 0.3 is 0 Å². The number of hydrogen-bond donors (Lipinski definition) is 3. The number of hydrogen-bond acceptors (Lipinski definition) is 5. The second kappa shape index (κ2) is 8.72. The van der Waals surface area contributed by atoms with Crippen molar-refractivity contribution in [3.8, 4) is 0 Å². The summed E-state index contributed by atoms with van der Waals surface area (Å²) in [7, 11) is 0. The number of aliphatic imine (C=N–C) groups is 1. The molecule has 0 saturated carbocycles. The minimum absolute atomic E-state index is 0.209. The van der Waals surface area contributed by atoms with Gasteiger partial charge in [-0.2, -0.15) is 5.10 Å². The molecule has 0 spiro atoms. The maximum atomic E-state index is 12.0. The van der Waals surface area contributed by atoms with Crippen LogP contribution in [0.15, 0.2) is 59.9 Å². The highest BCUT2D eigenvalue weighted by atomic mass is 35.5. The number of H-pyrrole nitrogens is 1. The Kier molecular flexibility index (Phi) is 5.91. The Morgan fingerprint density at radius 1 is 1.33 bits per heavy atom. The van der Waals surface area contributed by atoms with Gasteiger partial charge in [0.15, 0.2) is 5.82 Å². The minimum atomic E-state index is -0.241. The van der Waals surface area contributed by atoms with Crippen LogP contribution in [0.1, 0.15) is 22.0 Å². The molecule has 0 bridgehead atoms. The molecule has 136 valence electrons. The van der Waals surface area contributed by atoms with Crippen LogP contribution in [0.25, 0.3) is 6.08 Å². The van der Waals surface area contributed by atoms with E-state index >= 15 is 0 Å². The second-order valence-corrected chi connectivity index (χ2v) is 5.85. The third-order valence-electron chi connectivity index (χ3n) is 3.36. The number of aromatic nitrogens is 4. The number of nitrogens with one attached hydrogen (secondary N) is 2. The zero-order valence-electron chi connectivity index (χ0n) is 14.1. The van der Waals surface area contributed by atoms with Crippen molar-refractivity contribution in [3.63, 3.8) is 0 Å². The van der Waals surface area contributed by atoms with Crippen molar-refractivity contribution in [3.05, 3.63) is 77.1 Å². The lowest BCUT2D eigenvalue weighted by molar-refractivity contribution is 0.0949. The predicted octanol–water partition coefficient (Wildman–Crippen LogP) is 2.49. The van der Waals surface area contributed by atoms with Crippen LogP contribution in [0.4, 0.5) is 5.69 Å². The molecule has 2 heterocycles. The molecule has 0 saturated heterocycles. The van der Waals surface area contributed by atoms with Crippen molar-refractivity contribution in [2.45, 2.75) is 6.54 Å². The number of halogens is 1. The number of carbonyl (C=O) groups excluding carboxylic acids is 1. The van der Waals surface area contributed by atoms with E-state index in [0.29, 0.717) is 27.9 Å². The van der Waals surface area contributed by atoms with Gasteiger partial charge < -0.3 is 11.1 Å². The summed E-state index contributed by atoms with van der Waals surface area (Å²) in [6.07, 6.45) is 6.30. The standard InChI is InChI=1S/C18H16ClN7O/c19-13-4-1-5-14(9-13)23-15(20)6-7-16-24-17(26-25-16)11-22-18(27)12-3-2-8-21-10-12/h1-10H,11H2,(H2,20,23)(H,22,27)(H,24,25,26)/b7-6-. The molecule has 0 aliphatic carbocycles. The van der Waals surface area contributed by atoms with Crippen LogP contribution in [-0.4, -0.2) is 31.9 Å². The number of nitrogens with two attached hydrogens (primary N) is 1. The third-order valence-corrected chi connectivity index (χ3v) is 3.59. The molecule has 4 N–H and O–H groups in total. The molecule has 8 nitrogen and oxygen atoms in total. The van der Waals surface area contributed by atoms with Crippen molar-refractivity contribution in [2.24, 2.45) is 10.7 Å². The maximum Gasteiger partial charge on any atom is 0.253 e. The molecule has 0 aliphatic rings. The maximum absolute atomic E-state index is 12.0. The Hall–Kier alpha value is -3.52. The fourth-order valence-corrected chi connectivity index (χ4v) is 2.30. The lowest BCUT2D eigenvalue weighted by atomic mass is 10.3. The van der Waals surface area contributed by atoms with E-state index in [4.69, 9.17) is 17.3 Å². The van der Waals surface area contributed by atoms with Gasteiger partial charge in [-0.15, -0.1) is 0 Å². The SMILES string of the molecule is NC(/C=C\c1n[nH]c(CNC(=O)c2cccnc2)n1)=Nc1cccc(Cl)c1. The average Bonchev–Trinajstić information content (AvgIpc) is 3.13. The highest BCUT2D eigenvalue weighted by molar-refractivity contribution is 6.30. The number of rotatable bonds is 6. The predicted molar refractivity (Wildman–Crippen MR) is 104 cm³/mol. The van der Waals surface area contributed by atoms with E-state index in [1.807, 2.05) is 0 Å². The fraction of sp³-hybridized carbons (Fsp3) is 0.0556. The van der Waals surface area contributed by atoms with Gasteiger partial charge in [0.25, 0.3) is 5.91 Å². The van der Waals surface area contributed by atoms with Crippen molar-refractivity contribution >= 4 is 35.1 Å². The van der Waals surface area contributed by atoms with Gasteiger partial charge in [-0.05, 0) is 42.5 Å². The number of pyridine rings is 1. The van der Waals surface area contributed by atoms with Crippen LogP contribution < -0.4 is 11.1 Å². The molecule has 0 aliphatic heterocycles. The van der Waals surface area contributed by atoms with Crippen molar-refractivity contribution < 1.29 is 4.79 Å². The molecule has 0 fully saturated rings. The fourth-order valence-electron chi connectivity index (χ4n) is 2.12. The van der Waals surface area contributed by atoms with Crippen molar-refractivity contribution in [1.29, 1.82) is 0 Å². The Balaban J connectivity index is 1.57. The number of nitrogens with zero attached hydrogens (tertiary/aromatic N) is 4. The molecule has 1 aromatic carbocycles. The highest BCUT2D eigenvalue weighted by Crippen LogP contribution is 2.17. The molecule has 0 unspecified atom stereocenters. The van der Waals surface area contributed by atoms with Gasteiger partial charge in [0.2, 0.25) is 0 Å². The molecule has 2 aromatic heterocycles. The van der Waals surface area contributed by atoms with E-state index in [1.165, 1.54) is 6.20 Å². The Labute approximate surface area is 160 Å². The summed E-state index contributed by atoms with van der Waals surface area (Å²) in [6.45, 7) is 0.209. The minimum Gasteiger partial charge on any atom is -0.384 e. The zero-order chi connectivity index (χ0) is 19.1. The van der Waals surface area contributed by atoms with Crippen LogP contribution in [0.3, 0.4) is 0 Å². The Bertz CT molecular complexity index is 982. The molecular formula is C18H16ClN7O. The molecule has 3 aromatic rings. The first kappa shape index (κ1) is 18.3. The monoisotopic (exact) mass is 381 g/mol. The van der Waals surface area contributed by atoms with Crippen LogP contribution >= 0.6 is 11.6 Å². The van der Waals surface area contributed by atoms with E-state index in [1.54, 1.807) is 54.7 Å². The van der Waals surface area contributed by atoms with E-state index in [0.717, 1.165) is 0 Å². The summed E-state index contributed by atoms with van der Waals surface area (Å²) in [4.78, 5) is 24.4. The lowest BCUT2D eigenvalue weighted by Crippen LogP contribution is -2.23. The van der Waals surface area contributed by atoms with Gasteiger partial charge in [0, 0.05) is 17.4 Å². The molecular weight excluding hydrogens is 366 g/mol. The summed E-state index contributed by atoms with van der Waals surface area (Å²) >= 11 is 5.91. The quantitative estimate of drug-likeness (QED) is 0.447. The summed E-state index contributed by atoms with van der Waals surface area (Å²) in [5.41, 5.74) is 6.99. The van der Waals surface area contributed by atoms with E-state index in [2.05, 4.69) is 30.5 Å². The topological polar surface area (TPSA) is 122 Å². The van der Waals surface area contributed by atoms with Gasteiger partial charge in [0.1, 0.15) is 11.7 Å². The van der Waals surface area contributed by atoms with Crippen molar-refractivity contribution in [2.75, 3.05) is 0 Å². The number of benzene rings is 1. The number of amidine groups is 1.